The number of carbonyl (C=O) groups is 1. The number of halogens is 4. The van der Waals surface area contributed by atoms with Crippen LogP contribution in [0.5, 0.6) is 5.75 Å². The van der Waals surface area contributed by atoms with E-state index in [1.165, 1.54) is 24.3 Å². The van der Waals surface area contributed by atoms with Gasteiger partial charge in [-0.25, -0.2) is 4.98 Å². The number of hydrogen-bond donors (Lipinski definition) is 2. The van der Waals surface area contributed by atoms with E-state index in [0.29, 0.717) is 34.1 Å². The third-order valence-electron chi connectivity index (χ3n) is 4.71. The molecule has 2 N–H and O–H groups in total. The SMILES string of the molecule is O=C(Nc1ccc(OC(F)(F)Cl)cc1)c1cc(Br)c2c(c1)ncn2C1CC(O)C1. The highest BCUT2D eigenvalue weighted by atomic mass is 79.9. The topological polar surface area (TPSA) is 76.4 Å². The zero-order valence-electron chi connectivity index (χ0n) is 14.8. The second kappa shape index (κ2) is 7.55. The maximum atomic E-state index is 12.7. The summed E-state index contributed by atoms with van der Waals surface area (Å²) in [7, 11) is 0. The van der Waals surface area contributed by atoms with Gasteiger partial charge in [0.25, 0.3) is 5.91 Å². The fourth-order valence-electron chi connectivity index (χ4n) is 3.26. The van der Waals surface area contributed by atoms with Crippen molar-refractivity contribution in [1.82, 2.24) is 9.55 Å². The van der Waals surface area contributed by atoms with Crippen molar-refractivity contribution in [3.63, 3.8) is 0 Å². The first kappa shape index (κ1) is 20.1. The van der Waals surface area contributed by atoms with Crippen LogP contribution in [0.25, 0.3) is 11.0 Å². The van der Waals surface area contributed by atoms with E-state index in [-0.39, 0.29) is 23.8 Å². The fourth-order valence-corrected chi connectivity index (χ4v) is 4.00. The van der Waals surface area contributed by atoms with Crippen LogP contribution in [0.1, 0.15) is 29.2 Å². The summed E-state index contributed by atoms with van der Waals surface area (Å²) in [6.45, 7) is 0. The van der Waals surface area contributed by atoms with Gasteiger partial charge in [0, 0.05) is 33.4 Å². The molecule has 10 heteroatoms. The summed E-state index contributed by atoms with van der Waals surface area (Å²) in [6, 6.07) is 8.97. The van der Waals surface area contributed by atoms with Crippen molar-refractivity contribution >= 4 is 50.2 Å². The van der Waals surface area contributed by atoms with Gasteiger partial charge in [-0.2, -0.15) is 0 Å². The zero-order valence-corrected chi connectivity index (χ0v) is 17.1. The number of benzene rings is 2. The van der Waals surface area contributed by atoms with Gasteiger partial charge in [-0.15, -0.1) is 8.78 Å². The third-order valence-corrected chi connectivity index (χ3v) is 5.39. The lowest BCUT2D eigenvalue weighted by Gasteiger charge is -2.32. The van der Waals surface area contributed by atoms with Gasteiger partial charge in [0.2, 0.25) is 0 Å². The molecular formula is C19H15BrClF2N3O3. The normalized spacial score (nSPS) is 19.1. The van der Waals surface area contributed by atoms with Crippen molar-refractivity contribution in [2.75, 3.05) is 5.32 Å². The summed E-state index contributed by atoms with van der Waals surface area (Å²) in [5, 5.41) is 12.2. The smallest absolute Gasteiger partial charge is 0.420 e. The second-order valence-corrected chi connectivity index (χ2v) is 8.08. The number of rotatable bonds is 5. The monoisotopic (exact) mass is 485 g/mol. The van der Waals surface area contributed by atoms with E-state index >= 15 is 0 Å². The number of nitrogens with one attached hydrogen (secondary N) is 1. The van der Waals surface area contributed by atoms with E-state index in [9.17, 15) is 18.7 Å². The van der Waals surface area contributed by atoms with Crippen LogP contribution in [-0.2, 0) is 0 Å². The molecule has 6 nitrogen and oxygen atoms in total. The van der Waals surface area contributed by atoms with Crippen LogP contribution in [0.4, 0.5) is 14.5 Å². The van der Waals surface area contributed by atoms with Gasteiger partial charge in [0.1, 0.15) is 5.75 Å². The Balaban J connectivity index is 1.51. The number of aliphatic hydroxyl groups excluding tert-OH is 1. The Morgan fingerprint density at radius 2 is 2.00 bits per heavy atom. The van der Waals surface area contributed by atoms with Gasteiger partial charge < -0.3 is 19.7 Å². The number of nitrogens with zero attached hydrogens (tertiary/aromatic N) is 2. The molecule has 152 valence electrons. The molecule has 1 aromatic heterocycles. The van der Waals surface area contributed by atoms with Crippen molar-refractivity contribution in [2.45, 2.75) is 30.6 Å². The maximum absolute atomic E-state index is 12.7. The number of hydrogen-bond acceptors (Lipinski definition) is 4. The van der Waals surface area contributed by atoms with E-state index < -0.39 is 5.57 Å². The first-order chi connectivity index (χ1) is 13.7. The number of aliphatic hydroxyl groups is 1. The molecule has 1 heterocycles. The Morgan fingerprint density at radius 3 is 2.62 bits per heavy atom. The number of aromatic nitrogens is 2. The number of imidazole rings is 1. The Bertz CT molecular complexity index is 1060. The first-order valence-corrected chi connectivity index (χ1v) is 9.88. The molecule has 0 saturated heterocycles. The van der Waals surface area contributed by atoms with Crippen molar-refractivity contribution in [1.29, 1.82) is 0 Å². The number of amides is 1. The zero-order chi connectivity index (χ0) is 20.8. The van der Waals surface area contributed by atoms with Crippen LogP contribution >= 0.6 is 27.5 Å². The molecule has 2 aromatic carbocycles. The molecule has 1 saturated carbocycles. The predicted molar refractivity (Wildman–Crippen MR) is 108 cm³/mol. The molecule has 0 unspecified atom stereocenters. The summed E-state index contributed by atoms with van der Waals surface area (Å²) < 4.78 is 32.3. The molecular weight excluding hydrogens is 472 g/mol. The molecule has 3 aromatic rings. The summed E-state index contributed by atoms with van der Waals surface area (Å²) in [4.78, 5) is 17.0. The molecule has 0 radical (unpaired) electrons. The predicted octanol–water partition coefficient (Wildman–Crippen LogP) is 4.91. The Kier molecular flexibility index (Phi) is 5.22. The van der Waals surface area contributed by atoms with Crippen LogP contribution in [-0.4, -0.2) is 32.2 Å². The molecule has 29 heavy (non-hydrogen) atoms. The third kappa shape index (κ3) is 4.36. The quantitative estimate of drug-likeness (QED) is 0.502. The van der Waals surface area contributed by atoms with Gasteiger partial charge >= 0.3 is 5.57 Å². The molecule has 1 fully saturated rings. The standard InChI is InChI=1S/C19H15BrClF2N3O3/c20-15-5-10(6-16-17(15)26(9-24-16)12-7-13(27)8-12)18(28)25-11-1-3-14(4-2-11)29-19(21,22)23/h1-6,9,12-13,27H,7-8H2,(H,25,28). The van der Waals surface area contributed by atoms with Gasteiger partial charge in [0.05, 0.1) is 23.5 Å². The molecule has 0 atom stereocenters. The lowest BCUT2D eigenvalue weighted by Crippen LogP contribution is -2.30. The molecule has 0 bridgehead atoms. The summed E-state index contributed by atoms with van der Waals surface area (Å²) in [5.41, 5.74) is -1.49. The number of fused-ring (bicyclic) bond motifs is 1. The molecule has 1 amide bonds. The lowest BCUT2D eigenvalue weighted by molar-refractivity contribution is -0.0964. The average Bonchev–Trinajstić information content (AvgIpc) is 3.03. The highest BCUT2D eigenvalue weighted by molar-refractivity contribution is 9.10. The minimum absolute atomic E-state index is 0.126. The van der Waals surface area contributed by atoms with E-state index in [2.05, 4.69) is 31.0 Å². The molecule has 1 aliphatic rings. The van der Waals surface area contributed by atoms with Gasteiger partial charge in [-0.05, 0) is 65.2 Å². The van der Waals surface area contributed by atoms with Crippen LogP contribution in [0, 0.1) is 0 Å². The molecule has 1 aliphatic carbocycles. The van der Waals surface area contributed by atoms with E-state index in [1.54, 1.807) is 18.5 Å². The highest BCUT2D eigenvalue weighted by Gasteiger charge is 2.30. The molecule has 4 rings (SSSR count). The molecule has 0 spiro atoms. The summed E-state index contributed by atoms with van der Waals surface area (Å²) in [6.07, 6.45) is 2.78. The van der Waals surface area contributed by atoms with E-state index in [0.717, 1.165) is 5.52 Å². The fraction of sp³-hybridized carbons (Fsp3) is 0.263. The Morgan fingerprint density at radius 1 is 1.31 bits per heavy atom. The number of alkyl halides is 3. The maximum Gasteiger partial charge on any atom is 0.487 e. The van der Waals surface area contributed by atoms with Crippen LogP contribution in [0.15, 0.2) is 47.2 Å². The Hall–Kier alpha value is -2.23. The van der Waals surface area contributed by atoms with Crippen LogP contribution in [0.2, 0.25) is 0 Å². The highest BCUT2D eigenvalue weighted by Crippen LogP contribution is 2.37. The largest absolute Gasteiger partial charge is 0.487 e. The van der Waals surface area contributed by atoms with Gasteiger partial charge in [-0.1, -0.05) is 0 Å². The van der Waals surface area contributed by atoms with Crippen molar-refractivity contribution in [3.8, 4) is 5.75 Å². The van der Waals surface area contributed by atoms with E-state index in [1.807, 2.05) is 4.57 Å². The van der Waals surface area contributed by atoms with Crippen molar-refractivity contribution in [3.05, 3.63) is 52.8 Å². The van der Waals surface area contributed by atoms with Gasteiger partial charge in [0.15, 0.2) is 0 Å². The second-order valence-electron chi connectivity index (χ2n) is 6.78. The van der Waals surface area contributed by atoms with Gasteiger partial charge in [-0.3, -0.25) is 4.79 Å². The number of anilines is 1. The van der Waals surface area contributed by atoms with Crippen molar-refractivity contribution < 1.29 is 23.4 Å². The van der Waals surface area contributed by atoms with Crippen molar-refractivity contribution in [2.24, 2.45) is 0 Å². The minimum Gasteiger partial charge on any atom is -0.420 e. The Labute approximate surface area is 177 Å². The average molecular weight is 487 g/mol. The molecule has 0 aliphatic heterocycles. The van der Waals surface area contributed by atoms with E-state index in [4.69, 9.17) is 11.6 Å². The summed E-state index contributed by atoms with van der Waals surface area (Å²) >= 11 is 8.23. The minimum atomic E-state index is -3.80. The van der Waals surface area contributed by atoms with Crippen LogP contribution < -0.4 is 10.1 Å². The first-order valence-electron chi connectivity index (χ1n) is 8.71. The summed E-state index contributed by atoms with van der Waals surface area (Å²) in [5.74, 6) is -0.503. The number of ether oxygens (including phenoxy) is 1. The number of carbonyl (C=O) groups excluding carboxylic acids is 1. The lowest BCUT2D eigenvalue weighted by atomic mass is 9.89. The van der Waals surface area contributed by atoms with Crippen LogP contribution in [0.3, 0.4) is 0 Å².